The quantitative estimate of drug-likeness (QED) is 0.425. The van der Waals surface area contributed by atoms with Crippen LogP contribution >= 0.6 is 12.2 Å². The minimum Gasteiger partial charge on any atom is -0.494 e. The standard InChI is InChI=1S/C21H20N2O4S/c1-3-27-17-11-9-16(10-12-17)23-20(25)18(13-15-7-5-4-6-8-15)22(21(23)28)14-19(24)26-2/h4-13H,3,14H2,1-2H3. The molecule has 0 radical (unpaired) electrons. The van der Waals surface area contributed by atoms with Crippen molar-refractivity contribution in [2.45, 2.75) is 6.92 Å². The number of hydrogen-bond acceptors (Lipinski definition) is 5. The highest BCUT2D eigenvalue weighted by Gasteiger charge is 2.40. The molecule has 1 heterocycles. The van der Waals surface area contributed by atoms with Gasteiger partial charge < -0.3 is 14.4 Å². The first-order valence-electron chi connectivity index (χ1n) is 8.77. The van der Waals surface area contributed by atoms with Crippen molar-refractivity contribution in [3.8, 4) is 5.75 Å². The van der Waals surface area contributed by atoms with Crippen molar-refractivity contribution in [1.29, 1.82) is 0 Å². The second-order valence-corrected chi connectivity index (χ2v) is 6.32. The number of carbonyl (C=O) groups excluding carboxylic acids is 2. The summed E-state index contributed by atoms with van der Waals surface area (Å²) in [5.41, 5.74) is 1.75. The lowest BCUT2D eigenvalue weighted by Gasteiger charge is -2.19. The summed E-state index contributed by atoms with van der Waals surface area (Å²) in [6, 6.07) is 16.5. The van der Waals surface area contributed by atoms with E-state index in [0.29, 0.717) is 23.7 Å². The van der Waals surface area contributed by atoms with E-state index in [2.05, 4.69) is 0 Å². The summed E-state index contributed by atoms with van der Waals surface area (Å²) in [6.45, 7) is 2.31. The Hall–Kier alpha value is -3.19. The van der Waals surface area contributed by atoms with Gasteiger partial charge in [0.1, 0.15) is 18.0 Å². The Labute approximate surface area is 169 Å². The molecule has 7 heteroatoms. The fraction of sp³-hybridized carbons (Fsp3) is 0.190. The van der Waals surface area contributed by atoms with Gasteiger partial charge in [-0.25, -0.2) is 0 Å². The van der Waals surface area contributed by atoms with Crippen LogP contribution < -0.4 is 9.64 Å². The molecule has 0 bridgehead atoms. The van der Waals surface area contributed by atoms with Crippen molar-refractivity contribution >= 4 is 41.0 Å². The fourth-order valence-corrected chi connectivity index (χ4v) is 3.17. The summed E-state index contributed by atoms with van der Waals surface area (Å²) in [4.78, 5) is 27.9. The molecule has 6 nitrogen and oxygen atoms in total. The number of ether oxygens (including phenoxy) is 2. The van der Waals surface area contributed by atoms with Gasteiger partial charge in [-0.3, -0.25) is 14.5 Å². The maximum absolute atomic E-state index is 13.2. The van der Waals surface area contributed by atoms with Gasteiger partial charge in [-0.05, 0) is 55.0 Å². The van der Waals surface area contributed by atoms with Crippen LogP contribution in [0.25, 0.3) is 6.08 Å². The molecule has 1 aliphatic heterocycles. The molecule has 0 spiro atoms. The highest BCUT2D eigenvalue weighted by Crippen LogP contribution is 2.30. The zero-order valence-corrected chi connectivity index (χ0v) is 16.4. The highest BCUT2D eigenvalue weighted by molar-refractivity contribution is 7.80. The van der Waals surface area contributed by atoms with E-state index < -0.39 is 5.97 Å². The van der Waals surface area contributed by atoms with Crippen molar-refractivity contribution in [2.75, 3.05) is 25.2 Å². The van der Waals surface area contributed by atoms with Crippen LogP contribution in [0, 0.1) is 0 Å². The van der Waals surface area contributed by atoms with Crippen LogP contribution in [0.15, 0.2) is 60.3 Å². The summed E-state index contributed by atoms with van der Waals surface area (Å²) in [5.74, 6) is -0.0835. The second kappa shape index (κ2) is 8.67. The Balaban J connectivity index is 1.98. The van der Waals surface area contributed by atoms with Crippen LogP contribution in [-0.2, 0) is 14.3 Å². The van der Waals surface area contributed by atoms with E-state index in [1.54, 1.807) is 30.3 Å². The Bertz CT molecular complexity index is 910. The SMILES string of the molecule is CCOc1ccc(N2C(=O)C(=Cc3ccccc3)N(CC(=O)OC)C2=S)cc1. The first kappa shape index (κ1) is 19.6. The molecule has 1 amide bonds. The van der Waals surface area contributed by atoms with Gasteiger partial charge in [-0.2, -0.15) is 0 Å². The normalized spacial score (nSPS) is 15.3. The van der Waals surface area contributed by atoms with Gasteiger partial charge in [0.25, 0.3) is 5.91 Å². The minimum atomic E-state index is -0.484. The Morgan fingerprint density at radius 1 is 1.11 bits per heavy atom. The number of benzene rings is 2. The molecule has 1 aliphatic rings. The summed E-state index contributed by atoms with van der Waals surface area (Å²) in [5, 5.41) is 0.224. The lowest BCUT2D eigenvalue weighted by atomic mass is 10.2. The number of nitrogens with zero attached hydrogens (tertiary/aromatic N) is 2. The zero-order chi connectivity index (χ0) is 20.1. The molecule has 0 aliphatic carbocycles. The summed E-state index contributed by atoms with van der Waals surface area (Å²) < 4.78 is 10.2. The van der Waals surface area contributed by atoms with E-state index in [9.17, 15) is 9.59 Å². The molecule has 0 atom stereocenters. The van der Waals surface area contributed by atoms with E-state index in [-0.39, 0.29) is 17.6 Å². The predicted molar refractivity (Wildman–Crippen MR) is 111 cm³/mol. The zero-order valence-electron chi connectivity index (χ0n) is 15.6. The molecule has 2 aromatic carbocycles. The number of hydrogen-bond donors (Lipinski definition) is 0. The van der Waals surface area contributed by atoms with E-state index >= 15 is 0 Å². The monoisotopic (exact) mass is 396 g/mol. The van der Waals surface area contributed by atoms with Crippen LogP contribution in [0.4, 0.5) is 5.69 Å². The molecule has 28 heavy (non-hydrogen) atoms. The van der Waals surface area contributed by atoms with Gasteiger partial charge in [0.2, 0.25) is 0 Å². The van der Waals surface area contributed by atoms with Gasteiger partial charge in [-0.1, -0.05) is 30.3 Å². The van der Waals surface area contributed by atoms with Gasteiger partial charge in [0.15, 0.2) is 5.11 Å². The van der Waals surface area contributed by atoms with Crippen molar-refractivity contribution < 1.29 is 19.1 Å². The minimum absolute atomic E-state index is 0.146. The Morgan fingerprint density at radius 2 is 1.79 bits per heavy atom. The van der Waals surface area contributed by atoms with E-state index in [0.717, 1.165) is 5.56 Å². The van der Waals surface area contributed by atoms with Crippen molar-refractivity contribution in [1.82, 2.24) is 4.90 Å². The Kier molecular flexibility index (Phi) is 6.06. The maximum atomic E-state index is 13.2. The molecule has 144 valence electrons. The summed E-state index contributed by atoms with van der Waals surface area (Å²) >= 11 is 5.52. The van der Waals surface area contributed by atoms with Crippen molar-refractivity contribution in [3.63, 3.8) is 0 Å². The largest absolute Gasteiger partial charge is 0.494 e. The van der Waals surface area contributed by atoms with Crippen LogP contribution in [0.2, 0.25) is 0 Å². The fourth-order valence-electron chi connectivity index (χ4n) is 2.82. The Morgan fingerprint density at radius 3 is 2.39 bits per heavy atom. The van der Waals surface area contributed by atoms with Gasteiger partial charge >= 0.3 is 5.97 Å². The number of esters is 1. The molecule has 0 aromatic heterocycles. The number of amides is 1. The highest BCUT2D eigenvalue weighted by atomic mass is 32.1. The van der Waals surface area contributed by atoms with E-state index in [1.807, 2.05) is 37.3 Å². The maximum Gasteiger partial charge on any atom is 0.325 e. The number of methoxy groups -OCH3 is 1. The number of rotatable bonds is 6. The van der Waals surface area contributed by atoms with Gasteiger partial charge in [0.05, 0.1) is 19.4 Å². The average molecular weight is 396 g/mol. The third kappa shape index (κ3) is 4.04. The molecule has 3 rings (SSSR count). The van der Waals surface area contributed by atoms with Crippen LogP contribution in [0.5, 0.6) is 5.75 Å². The van der Waals surface area contributed by atoms with Crippen molar-refractivity contribution in [2.24, 2.45) is 0 Å². The first-order valence-corrected chi connectivity index (χ1v) is 9.18. The van der Waals surface area contributed by atoms with E-state index in [1.165, 1.54) is 16.9 Å². The topological polar surface area (TPSA) is 59.1 Å². The molecule has 1 saturated heterocycles. The van der Waals surface area contributed by atoms with Crippen molar-refractivity contribution in [3.05, 3.63) is 65.9 Å². The lowest BCUT2D eigenvalue weighted by Crippen LogP contribution is -2.35. The predicted octanol–water partition coefficient (Wildman–Crippen LogP) is 3.23. The third-order valence-electron chi connectivity index (χ3n) is 4.16. The molecule has 0 N–H and O–H groups in total. The van der Waals surface area contributed by atoms with E-state index in [4.69, 9.17) is 21.7 Å². The van der Waals surface area contributed by atoms with Crippen LogP contribution in [0.1, 0.15) is 12.5 Å². The first-order chi connectivity index (χ1) is 13.5. The number of thiocarbonyl (C=S) groups is 1. The molecule has 2 aromatic rings. The number of anilines is 1. The summed E-state index contributed by atoms with van der Waals surface area (Å²) in [7, 11) is 1.30. The molecular formula is C21H20N2O4S. The second-order valence-electron chi connectivity index (χ2n) is 5.95. The summed E-state index contributed by atoms with van der Waals surface area (Å²) in [6.07, 6.45) is 1.71. The van der Waals surface area contributed by atoms with Gasteiger partial charge in [-0.15, -0.1) is 0 Å². The third-order valence-corrected chi connectivity index (χ3v) is 4.56. The average Bonchev–Trinajstić information content (AvgIpc) is 2.93. The lowest BCUT2D eigenvalue weighted by molar-refractivity contribution is -0.140. The van der Waals surface area contributed by atoms with Gasteiger partial charge in [0, 0.05) is 0 Å². The van der Waals surface area contributed by atoms with Crippen LogP contribution in [-0.4, -0.2) is 42.2 Å². The smallest absolute Gasteiger partial charge is 0.325 e. The molecule has 0 saturated carbocycles. The number of carbonyl (C=O) groups is 2. The molecule has 0 unspecified atom stereocenters. The molecular weight excluding hydrogens is 376 g/mol. The molecule has 1 fully saturated rings. The van der Waals surface area contributed by atoms with Crippen LogP contribution in [0.3, 0.4) is 0 Å².